The van der Waals surface area contributed by atoms with Crippen LogP contribution in [0.5, 0.6) is 5.75 Å². The van der Waals surface area contributed by atoms with Crippen LogP contribution in [-0.2, 0) is 10.0 Å². The fourth-order valence-corrected chi connectivity index (χ4v) is 3.15. The summed E-state index contributed by atoms with van der Waals surface area (Å²) >= 11 is 0. The summed E-state index contributed by atoms with van der Waals surface area (Å²) in [5.74, 6) is 5.72. The van der Waals surface area contributed by atoms with Gasteiger partial charge in [0, 0.05) is 6.04 Å². The van der Waals surface area contributed by atoms with E-state index < -0.39 is 16.1 Å². The summed E-state index contributed by atoms with van der Waals surface area (Å²) in [7, 11) is -2.16. The van der Waals surface area contributed by atoms with Crippen LogP contribution in [0.4, 0.5) is 10.5 Å². The topological polar surface area (TPSA) is 96.5 Å². The molecule has 8 heteroatoms. The van der Waals surface area contributed by atoms with Gasteiger partial charge in [-0.2, -0.15) is 0 Å². The van der Waals surface area contributed by atoms with Crippen molar-refractivity contribution in [3.8, 4) is 17.6 Å². The van der Waals surface area contributed by atoms with Gasteiger partial charge >= 0.3 is 6.03 Å². The lowest BCUT2D eigenvalue weighted by molar-refractivity contribution is 0.253. The molecule has 0 saturated heterocycles. The Kier molecular flexibility index (Phi) is 5.47. The Bertz CT molecular complexity index is 746. The Hall–Kier alpha value is -2.24. The van der Waals surface area contributed by atoms with E-state index in [9.17, 15) is 13.2 Å². The predicted molar refractivity (Wildman–Crippen MR) is 86.8 cm³/mol. The third-order valence-corrected chi connectivity index (χ3v) is 4.66. The van der Waals surface area contributed by atoms with Gasteiger partial charge in [-0.05, 0) is 38.0 Å². The smallest absolute Gasteiger partial charge is 0.320 e. The Labute approximate surface area is 135 Å². The molecule has 1 aliphatic rings. The molecular formula is C15H19N3O4S. The second-order valence-corrected chi connectivity index (χ2v) is 6.71. The minimum absolute atomic E-state index is 0.00873. The number of urea groups is 1. The summed E-state index contributed by atoms with van der Waals surface area (Å²) < 4.78 is 32.2. The van der Waals surface area contributed by atoms with Gasteiger partial charge in [0.1, 0.15) is 5.75 Å². The summed E-state index contributed by atoms with van der Waals surface area (Å²) in [6.45, 7) is 1.87. The van der Waals surface area contributed by atoms with Crippen LogP contribution < -0.4 is 20.1 Å². The number of amides is 2. The molecule has 1 aliphatic carbocycles. The zero-order chi connectivity index (χ0) is 16.9. The van der Waals surface area contributed by atoms with Crippen molar-refractivity contribution < 1.29 is 17.9 Å². The van der Waals surface area contributed by atoms with Crippen LogP contribution in [-0.4, -0.2) is 34.1 Å². The third-order valence-electron chi connectivity index (χ3n) is 3.14. The predicted octanol–water partition coefficient (Wildman–Crippen LogP) is 1.28. The normalized spacial score (nSPS) is 13.7. The first-order valence-corrected chi connectivity index (χ1v) is 8.59. The molecule has 1 saturated carbocycles. The molecule has 1 aromatic carbocycles. The molecule has 2 rings (SSSR count). The Balaban J connectivity index is 2.17. The monoisotopic (exact) mass is 337 g/mol. The Morgan fingerprint density at radius 1 is 1.39 bits per heavy atom. The van der Waals surface area contributed by atoms with Crippen LogP contribution in [0.25, 0.3) is 0 Å². The molecule has 0 atom stereocenters. The minimum Gasteiger partial charge on any atom is -0.495 e. The molecule has 0 unspecified atom stereocenters. The number of hydrogen-bond acceptors (Lipinski definition) is 4. The Morgan fingerprint density at radius 2 is 2.13 bits per heavy atom. The lowest BCUT2D eigenvalue weighted by atomic mass is 10.3. The lowest BCUT2D eigenvalue weighted by Gasteiger charge is -2.13. The van der Waals surface area contributed by atoms with E-state index in [4.69, 9.17) is 4.74 Å². The first-order valence-electron chi connectivity index (χ1n) is 7.11. The van der Waals surface area contributed by atoms with Crippen molar-refractivity contribution in [1.29, 1.82) is 0 Å². The molecule has 0 aromatic heterocycles. The average molecular weight is 337 g/mol. The highest BCUT2D eigenvalue weighted by molar-refractivity contribution is 7.89. The fourth-order valence-electron chi connectivity index (χ4n) is 1.82. The first kappa shape index (κ1) is 17.1. The summed E-state index contributed by atoms with van der Waals surface area (Å²) in [5, 5.41) is 5.11. The van der Waals surface area contributed by atoms with E-state index >= 15 is 0 Å². The number of carbonyl (C=O) groups is 1. The molecule has 0 bridgehead atoms. The van der Waals surface area contributed by atoms with E-state index in [0.717, 1.165) is 12.8 Å². The van der Waals surface area contributed by atoms with E-state index in [2.05, 4.69) is 27.2 Å². The van der Waals surface area contributed by atoms with Gasteiger partial charge in [0.05, 0.1) is 24.2 Å². The number of nitrogens with one attached hydrogen (secondary N) is 3. The van der Waals surface area contributed by atoms with Crippen molar-refractivity contribution in [3.05, 3.63) is 18.2 Å². The van der Waals surface area contributed by atoms with E-state index in [1.165, 1.54) is 25.3 Å². The van der Waals surface area contributed by atoms with Crippen molar-refractivity contribution in [2.45, 2.75) is 30.7 Å². The van der Waals surface area contributed by atoms with Crippen LogP contribution in [0.1, 0.15) is 19.8 Å². The third kappa shape index (κ3) is 4.87. The summed E-state index contributed by atoms with van der Waals surface area (Å²) in [6.07, 6.45) is 1.70. The van der Waals surface area contributed by atoms with E-state index in [0.29, 0.717) is 5.75 Å². The quantitative estimate of drug-likeness (QED) is 0.681. The number of carbonyl (C=O) groups excluding carboxylic acids is 1. The molecular weight excluding hydrogens is 318 g/mol. The van der Waals surface area contributed by atoms with Gasteiger partial charge in [-0.1, -0.05) is 5.92 Å². The molecule has 0 radical (unpaired) electrons. The fraction of sp³-hybridized carbons (Fsp3) is 0.400. The van der Waals surface area contributed by atoms with Gasteiger partial charge in [-0.25, -0.2) is 17.9 Å². The SMILES string of the molecule is CC#CCNC(=O)Nc1cc(S(=O)(=O)NC2CC2)ccc1OC. The second-order valence-electron chi connectivity index (χ2n) is 4.99. The highest BCUT2D eigenvalue weighted by Crippen LogP contribution is 2.29. The number of anilines is 1. The molecule has 0 aliphatic heterocycles. The molecule has 1 fully saturated rings. The molecule has 7 nitrogen and oxygen atoms in total. The highest BCUT2D eigenvalue weighted by atomic mass is 32.2. The summed E-state index contributed by atoms with van der Waals surface area (Å²) in [5.41, 5.74) is 0.271. The van der Waals surface area contributed by atoms with Crippen molar-refractivity contribution in [1.82, 2.24) is 10.0 Å². The summed E-state index contributed by atoms with van der Waals surface area (Å²) in [4.78, 5) is 11.9. The molecule has 124 valence electrons. The number of benzene rings is 1. The largest absolute Gasteiger partial charge is 0.495 e. The number of methoxy groups -OCH3 is 1. The van der Waals surface area contributed by atoms with Crippen molar-refractivity contribution in [3.63, 3.8) is 0 Å². The van der Waals surface area contributed by atoms with Crippen molar-refractivity contribution in [2.24, 2.45) is 0 Å². The maximum Gasteiger partial charge on any atom is 0.320 e. The van der Waals surface area contributed by atoms with Crippen molar-refractivity contribution >= 4 is 21.7 Å². The summed E-state index contributed by atoms with van der Waals surface area (Å²) in [6, 6.07) is 3.83. The lowest BCUT2D eigenvalue weighted by Crippen LogP contribution is -2.29. The first-order chi connectivity index (χ1) is 11.0. The molecule has 2 amide bonds. The van der Waals surface area contributed by atoms with Gasteiger partial charge in [-0.3, -0.25) is 0 Å². The van der Waals surface area contributed by atoms with Crippen LogP contribution in [0, 0.1) is 11.8 Å². The number of rotatable bonds is 6. The zero-order valence-electron chi connectivity index (χ0n) is 13.0. The maximum absolute atomic E-state index is 12.2. The number of hydrogen-bond donors (Lipinski definition) is 3. The average Bonchev–Trinajstić information content (AvgIpc) is 3.30. The number of ether oxygens (including phenoxy) is 1. The van der Waals surface area contributed by atoms with Gasteiger partial charge in [0.25, 0.3) is 0 Å². The molecule has 0 heterocycles. The van der Waals surface area contributed by atoms with E-state index in [1.54, 1.807) is 6.92 Å². The van der Waals surface area contributed by atoms with Crippen LogP contribution >= 0.6 is 0 Å². The maximum atomic E-state index is 12.2. The number of sulfonamides is 1. The Morgan fingerprint density at radius 3 is 2.74 bits per heavy atom. The van der Waals surface area contributed by atoms with E-state index in [-0.39, 0.29) is 23.2 Å². The van der Waals surface area contributed by atoms with Crippen LogP contribution in [0.15, 0.2) is 23.1 Å². The van der Waals surface area contributed by atoms with Gasteiger partial charge in [0.15, 0.2) is 0 Å². The molecule has 0 spiro atoms. The standard InChI is InChI=1S/C15H19N3O4S/c1-3-4-9-16-15(19)17-13-10-12(7-8-14(13)22-2)23(20,21)18-11-5-6-11/h7-8,10-11,18H,5-6,9H2,1-2H3,(H2,16,17,19). The van der Waals surface area contributed by atoms with Gasteiger partial charge in [0.2, 0.25) is 10.0 Å². The second kappa shape index (κ2) is 7.35. The zero-order valence-corrected chi connectivity index (χ0v) is 13.8. The van der Waals surface area contributed by atoms with Crippen LogP contribution in [0.3, 0.4) is 0 Å². The van der Waals surface area contributed by atoms with Gasteiger partial charge in [-0.15, -0.1) is 5.92 Å². The molecule has 23 heavy (non-hydrogen) atoms. The van der Waals surface area contributed by atoms with Gasteiger partial charge < -0.3 is 15.4 Å². The van der Waals surface area contributed by atoms with E-state index in [1.807, 2.05) is 0 Å². The molecule has 1 aromatic rings. The highest BCUT2D eigenvalue weighted by Gasteiger charge is 2.28. The van der Waals surface area contributed by atoms with Crippen molar-refractivity contribution in [2.75, 3.05) is 19.0 Å². The van der Waals surface area contributed by atoms with Crippen LogP contribution in [0.2, 0.25) is 0 Å². The minimum atomic E-state index is -3.60. The molecule has 3 N–H and O–H groups in total.